The maximum Gasteiger partial charge on any atom is 0.264 e. The van der Waals surface area contributed by atoms with Crippen molar-refractivity contribution in [1.29, 1.82) is 0 Å². The van der Waals surface area contributed by atoms with Crippen LogP contribution < -0.4 is 14.2 Å². The summed E-state index contributed by atoms with van der Waals surface area (Å²) >= 11 is 0. The third-order valence-corrected chi connectivity index (χ3v) is 5.99. The lowest BCUT2D eigenvalue weighted by Gasteiger charge is -2.14. The first-order valence-electron chi connectivity index (χ1n) is 8.89. The highest BCUT2D eigenvalue weighted by Gasteiger charge is 2.28. The molecule has 1 heterocycles. The zero-order valence-electron chi connectivity index (χ0n) is 15.8. The Morgan fingerprint density at radius 1 is 1.14 bits per heavy atom. The van der Waals surface area contributed by atoms with E-state index in [9.17, 15) is 12.8 Å². The normalized spacial score (nSPS) is 13.9. The standard InChI is InChI=1S/C19H19FN4O4S/c1-27-15-9-13(20)17(10-16(15)28-2)29(25,26)24-14-6-4-3-5-12(14)19-21-18(22-23-19)11-7-8-11/h3-6,9-11,24H,7-8H2,1-2H3,(H,21,22,23). The van der Waals surface area contributed by atoms with E-state index in [0.717, 1.165) is 30.8 Å². The van der Waals surface area contributed by atoms with E-state index in [1.807, 2.05) is 0 Å². The van der Waals surface area contributed by atoms with E-state index < -0.39 is 20.7 Å². The van der Waals surface area contributed by atoms with Gasteiger partial charge in [-0.25, -0.2) is 17.8 Å². The lowest BCUT2D eigenvalue weighted by atomic mass is 10.2. The van der Waals surface area contributed by atoms with Crippen LogP contribution in [0.4, 0.5) is 10.1 Å². The summed E-state index contributed by atoms with van der Waals surface area (Å²) in [6, 6.07) is 8.73. The topological polar surface area (TPSA) is 106 Å². The second-order valence-electron chi connectivity index (χ2n) is 6.61. The van der Waals surface area contributed by atoms with Gasteiger partial charge in [0.05, 0.1) is 19.9 Å². The fraction of sp³-hybridized carbons (Fsp3) is 0.263. The number of rotatable bonds is 7. The first-order valence-corrected chi connectivity index (χ1v) is 10.4. The van der Waals surface area contributed by atoms with Crippen LogP contribution in [-0.4, -0.2) is 37.8 Å². The van der Waals surface area contributed by atoms with Crippen molar-refractivity contribution in [1.82, 2.24) is 15.2 Å². The molecule has 152 valence electrons. The molecule has 2 N–H and O–H groups in total. The van der Waals surface area contributed by atoms with Crippen molar-refractivity contribution in [2.75, 3.05) is 18.9 Å². The van der Waals surface area contributed by atoms with Gasteiger partial charge in [0.25, 0.3) is 10.0 Å². The summed E-state index contributed by atoms with van der Waals surface area (Å²) in [5.41, 5.74) is 0.725. The molecule has 1 aromatic heterocycles. The van der Waals surface area contributed by atoms with Gasteiger partial charge < -0.3 is 9.47 Å². The minimum absolute atomic E-state index is 0.0951. The number of aromatic amines is 1. The van der Waals surface area contributed by atoms with Crippen LogP contribution >= 0.6 is 0 Å². The Labute approximate surface area is 167 Å². The number of nitrogens with one attached hydrogen (secondary N) is 2. The molecule has 2 aromatic carbocycles. The number of anilines is 1. The third kappa shape index (κ3) is 3.75. The summed E-state index contributed by atoms with van der Waals surface area (Å²) in [7, 11) is -1.57. The Hall–Kier alpha value is -3.14. The van der Waals surface area contributed by atoms with Crippen LogP contribution in [-0.2, 0) is 10.0 Å². The SMILES string of the molecule is COc1cc(F)c(S(=O)(=O)Nc2ccccc2-c2n[nH]c(C3CC3)n2)cc1OC. The van der Waals surface area contributed by atoms with E-state index in [-0.39, 0.29) is 17.2 Å². The van der Waals surface area contributed by atoms with Crippen LogP contribution in [0, 0.1) is 5.82 Å². The van der Waals surface area contributed by atoms with E-state index in [0.29, 0.717) is 17.3 Å². The molecule has 0 amide bonds. The van der Waals surface area contributed by atoms with Crippen molar-refractivity contribution in [2.24, 2.45) is 0 Å². The minimum atomic E-state index is -4.26. The zero-order valence-corrected chi connectivity index (χ0v) is 16.6. The van der Waals surface area contributed by atoms with Gasteiger partial charge >= 0.3 is 0 Å². The fourth-order valence-electron chi connectivity index (χ4n) is 2.94. The first-order chi connectivity index (χ1) is 13.9. The number of benzene rings is 2. The first kappa shape index (κ1) is 19.2. The molecule has 8 nitrogen and oxygen atoms in total. The van der Waals surface area contributed by atoms with Crippen LogP contribution in [0.5, 0.6) is 11.5 Å². The summed E-state index contributed by atoms with van der Waals surface area (Å²) in [6.07, 6.45) is 2.11. The number of ether oxygens (including phenoxy) is 2. The van der Waals surface area contributed by atoms with Crippen molar-refractivity contribution in [3.05, 3.63) is 48.0 Å². The smallest absolute Gasteiger partial charge is 0.264 e. The number of aromatic nitrogens is 3. The van der Waals surface area contributed by atoms with Gasteiger partial charge in [0.15, 0.2) is 17.3 Å². The molecule has 10 heteroatoms. The van der Waals surface area contributed by atoms with Crippen molar-refractivity contribution < 1.29 is 22.3 Å². The molecule has 1 aliphatic rings. The van der Waals surface area contributed by atoms with Crippen molar-refractivity contribution in [3.8, 4) is 22.9 Å². The summed E-state index contributed by atoms with van der Waals surface area (Å²) < 4.78 is 52.8. The van der Waals surface area contributed by atoms with Gasteiger partial charge in [-0.05, 0) is 25.0 Å². The summed E-state index contributed by atoms with van der Waals surface area (Å²) in [4.78, 5) is 3.90. The highest BCUT2D eigenvalue weighted by molar-refractivity contribution is 7.92. The number of sulfonamides is 1. The van der Waals surface area contributed by atoms with E-state index in [2.05, 4.69) is 19.9 Å². The molecule has 29 heavy (non-hydrogen) atoms. The molecule has 0 radical (unpaired) electrons. The van der Waals surface area contributed by atoms with Crippen molar-refractivity contribution >= 4 is 15.7 Å². The van der Waals surface area contributed by atoms with Crippen LogP contribution in [0.3, 0.4) is 0 Å². The number of methoxy groups -OCH3 is 2. The van der Waals surface area contributed by atoms with E-state index in [1.54, 1.807) is 24.3 Å². The van der Waals surface area contributed by atoms with E-state index in [1.165, 1.54) is 14.2 Å². The minimum Gasteiger partial charge on any atom is -0.493 e. The van der Waals surface area contributed by atoms with Crippen LogP contribution in [0.2, 0.25) is 0 Å². The highest BCUT2D eigenvalue weighted by atomic mass is 32.2. The van der Waals surface area contributed by atoms with Gasteiger partial charge in [0.2, 0.25) is 0 Å². The zero-order chi connectivity index (χ0) is 20.6. The Balaban J connectivity index is 1.70. The van der Waals surface area contributed by atoms with Crippen LogP contribution in [0.25, 0.3) is 11.4 Å². The Morgan fingerprint density at radius 3 is 2.52 bits per heavy atom. The molecule has 0 aliphatic heterocycles. The van der Waals surface area contributed by atoms with E-state index in [4.69, 9.17) is 9.47 Å². The second-order valence-corrected chi connectivity index (χ2v) is 8.26. The van der Waals surface area contributed by atoms with Crippen LogP contribution in [0.15, 0.2) is 41.3 Å². The predicted molar refractivity (Wildman–Crippen MR) is 104 cm³/mol. The second kappa shape index (κ2) is 7.36. The molecule has 0 atom stereocenters. The highest BCUT2D eigenvalue weighted by Crippen LogP contribution is 2.39. The molecule has 0 unspecified atom stereocenters. The van der Waals surface area contributed by atoms with Gasteiger partial charge in [0, 0.05) is 23.6 Å². The van der Waals surface area contributed by atoms with Gasteiger partial charge in [0.1, 0.15) is 16.5 Å². The average molecular weight is 418 g/mol. The van der Waals surface area contributed by atoms with E-state index >= 15 is 0 Å². The van der Waals surface area contributed by atoms with Gasteiger partial charge in [-0.2, -0.15) is 5.10 Å². The van der Waals surface area contributed by atoms with Crippen LogP contribution in [0.1, 0.15) is 24.6 Å². The largest absolute Gasteiger partial charge is 0.493 e. The monoisotopic (exact) mass is 418 g/mol. The van der Waals surface area contributed by atoms with Gasteiger partial charge in [-0.1, -0.05) is 12.1 Å². The Kier molecular flexibility index (Phi) is 4.87. The molecule has 1 fully saturated rings. The molecule has 0 bridgehead atoms. The number of hydrogen-bond donors (Lipinski definition) is 2. The molecule has 3 aromatic rings. The Morgan fingerprint density at radius 2 is 1.83 bits per heavy atom. The molecular weight excluding hydrogens is 399 g/mol. The summed E-state index contributed by atoms with van der Waals surface area (Å²) in [5.74, 6) is 0.771. The maximum atomic E-state index is 14.5. The summed E-state index contributed by atoms with van der Waals surface area (Å²) in [6.45, 7) is 0. The Bertz CT molecular complexity index is 1160. The van der Waals surface area contributed by atoms with Crippen molar-refractivity contribution in [2.45, 2.75) is 23.7 Å². The number of nitrogens with zero attached hydrogens (tertiary/aromatic N) is 2. The number of hydrogen-bond acceptors (Lipinski definition) is 6. The maximum absolute atomic E-state index is 14.5. The molecule has 0 saturated heterocycles. The molecule has 1 saturated carbocycles. The van der Waals surface area contributed by atoms with Gasteiger partial charge in [-0.15, -0.1) is 0 Å². The lowest BCUT2D eigenvalue weighted by Crippen LogP contribution is -2.15. The average Bonchev–Trinajstić information content (AvgIpc) is 3.44. The van der Waals surface area contributed by atoms with Crippen molar-refractivity contribution in [3.63, 3.8) is 0 Å². The molecular formula is C19H19FN4O4S. The number of halogens is 1. The number of H-pyrrole nitrogens is 1. The molecule has 0 spiro atoms. The predicted octanol–water partition coefficient (Wildman–Crippen LogP) is 3.31. The lowest BCUT2D eigenvalue weighted by molar-refractivity contribution is 0.350. The fourth-order valence-corrected chi connectivity index (χ4v) is 4.10. The molecule has 1 aliphatic carbocycles. The third-order valence-electron chi connectivity index (χ3n) is 4.61. The van der Waals surface area contributed by atoms with Gasteiger partial charge in [-0.3, -0.25) is 9.82 Å². The molecule has 4 rings (SSSR count). The summed E-state index contributed by atoms with van der Waals surface area (Å²) in [5, 5.41) is 7.09. The number of para-hydroxylation sites is 1. The quantitative estimate of drug-likeness (QED) is 0.610.